The van der Waals surface area contributed by atoms with Crippen LogP contribution in [-0.2, 0) is 20.2 Å². The average Bonchev–Trinajstić information content (AvgIpc) is 2.86. The van der Waals surface area contributed by atoms with E-state index in [1.807, 2.05) is 0 Å². The molecule has 0 spiro atoms. The summed E-state index contributed by atoms with van der Waals surface area (Å²) in [5, 5.41) is 15.8. The molecule has 206 valence electrons. The predicted molar refractivity (Wildman–Crippen MR) is 150 cm³/mol. The normalized spacial score (nSPS) is 12.3. The first-order chi connectivity index (χ1) is 18.7. The smallest absolute Gasteiger partial charge is 0.295 e. The first-order valence-corrected chi connectivity index (χ1v) is 14.0. The molecule has 0 saturated heterocycles. The molecule has 10 N–H and O–H groups in total. The van der Waals surface area contributed by atoms with Crippen LogP contribution < -0.4 is 22.9 Å². The van der Waals surface area contributed by atoms with Gasteiger partial charge in [-0.05, 0) is 60.7 Å². The Morgan fingerprint density at radius 2 is 0.875 bits per heavy atom. The van der Waals surface area contributed by atoms with Gasteiger partial charge in [-0.15, -0.1) is 10.2 Å². The van der Waals surface area contributed by atoms with Crippen LogP contribution in [0.2, 0.25) is 0 Å². The molecule has 40 heavy (non-hydrogen) atoms. The maximum Gasteiger partial charge on any atom is 0.295 e. The number of nitrogens with two attached hydrogens (primary N) is 4. The molecule has 4 aromatic carbocycles. The highest BCUT2D eigenvalue weighted by Crippen LogP contribution is 2.38. The van der Waals surface area contributed by atoms with E-state index in [0.29, 0.717) is 11.4 Å². The molecule has 4 aromatic rings. The third kappa shape index (κ3) is 6.38. The van der Waals surface area contributed by atoms with Gasteiger partial charge >= 0.3 is 0 Å². The minimum absolute atomic E-state index is 0.00693. The van der Waals surface area contributed by atoms with Crippen LogP contribution in [0.25, 0.3) is 11.1 Å². The minimum atomic E-state index is -4.91. The van der Waals surface area contributed by atoms with Gasteiger partial charge in [0, 0.05) is 22.5 Å². The average molecular weight is 583 g/mol. The number of anilines is 4. The highest BCUT2D eigenvalue weighted by molar-refractivity contribution is 7.86. The van der Waals surface area contributed by atoms with E-state index in [-0.39, 0.29) is 45.3 Å². The molecule has 0 aliphatic heterocycles. The predicted octanol–water partition coefficient (Wildman–Crippen LogP) is 5.01. The standard InChI is InChI=1S/C24H22N8O6S2/c25-13-1-7-21(19(27)9-13)31-29-15-3-5-17(23(11-15)39(33,34)35)18-6-4-16(12-24(18)40(36,37)38)30-32-22-8-2-14(26)10-20(22)28/h1-12H,25-28H2,(H,33,34,35)(H,36,37,38). The summed E-state index contributed by atoms with van der Waals surface area (Å²) in [4.78, 5) is -1.38. The van der Waals surface area contributed by atoms with Crippen molar-refractivity contribution in [2.24, 2.45) is 20.5 Å². The zero-order valence-electron chi connectivity index (χ0n) is 20.4. The molecule has 14 nitrogen and oxygen atoms in total. The highest BCUT2D eigenvalue weighted by atomic mass is 32.2. The van der Waals surface area contributed by atoms with Crippen molar-refractivity contribution in [2.75, 3.05) is 22.9 Å². The molecule has 0 aliphatic rings. The molecule has 0 amide bonds. The molecule has 0 saturated carbocycles. The van der Waals surface area contributed by atoms with Crippen LogP contribution in [0.5, 0.6) is 0 Å². The Labute approximate surface area is 228 Å². The van der Waals surface area contributed by atoms with E-state index in [0.717, 1.165) is 12.1 Å². The van der Waals surface area contributed by atoms with Gasteiger partial charge in [0.2, 0.25) is 0 Å². The van der Waals surface area contributed by atoms with Crippen LogP contribution >= 0.6 is 0 Å². The summed E-state index contributed by atoms with van der Waals surface area (Å²) >= 11 is 0. The number of hydrogen-bond donors (Lipinski definition) is 6. The van der Waals surface area contributed by atoms with E-state index in [2.05, 4.69) is 20.5 Å². The lowest BCUT2D eigenvalue weighted by Crippen LogP contribution is -2.05. The van der Waals surface area contributed by atoms with E-state index >= 15 is 0 Å². The second-order valence-corrected chi connectivity index (χ2v) is 11.1. The quantitative estimate of drug-likeness (QED) is 0.0963. The molecule has 16 heteroatoms. The molecule has 0 fully saturated rings. The first-order valence-electron chi connectivity index (χ1n) is 11.1. The summed E-state index contributed by atoms with van der Waals surface area (Å²) in [5.41, 5.74) is 24.3. The third-order valence-electron chi connectivity index (χ3n) is 5.43. The lowest BCUT2D eigenvalue weighted by atomic mass is 10.0. The van der Waals surface area contributed by atoms with Gasteiger partial charge in [0.1, 0.15) is 21.2 Å². The van der Waals surface area contributed by atoms with Crippen molar-refractivity contribution in [1.29, 1.82) is 0 Å². The maximum absolute atomic E-state index is 12.3. The SMILES string of the molecule is Nc1ccc(N=Nc2ccc(-c3ccc(N=Nc4ccc(N)cc4N)cc3S(=O)(=O)O)c(S(=O)(=O)O)c2)c(N)c1. The molecule has 0 atom stereocenters. The number of benzene rings is 4. The zero-order valence-corrected chi connectivity index (χ0v) is 22.0. The summed E-state index contributed by atoms with van der Waals surface area (Å²) in [7, 11) is -9.83. The monoisotopic (exact) mass is 582 g/mol. The van der Waals surface area contributed by atoms with Crippen LogP contribution in [0.1, 0.15) is 0 Å². The number of nitrogens with zero attached hydrogens (tertiary/aromatic N) is 4. The van der Waals surface area contributed by atoms with Gasteiger partial charge in [-0.2, -0.15) is 27.1 Å². The highest BCUT2D eigenvalue weighted by Gasteiger charge is 2.24. The van der Waals surface area contributed by atoms with Crippen molar-refractivity contribution < 1.29 is 25.9 Å². The summed E-state index contributed by atoms with van der Waals surface area (Å²) in [6.07, 6.45) is 0. The fraction of sp³-hybridized carbons (Fsp3) is 0. The van der Waals surface area contributed by atoms with Crippen LogP contribution in [-0.4, -0.2) is 25.9 Å². The van der Waals surface area contributed by atoms with Crippen molar-refractivity contribution in [3.8, 4) is 11.1 Å². The Hall–Kier alpha value is -4.90. The molecule has 0 unspecified atom stereocenters. The Morgan fingerprint density at radius 1 is 0.500 bits per heavy atom. The fourth-order valence-electron chi connectivity index (χ4n) is 3.57. The summed E-state index contributed by atoms with van der Waals surface area (Å²) in [6, 6.07) is 16.0. The second-order valence-electron chi connectivity index (χ2n) is 8.35. The molecule has 0 heterocycles. The molecule has 4 rings (SSSR count). The lowest BCUT2D eigenvalue weighted by Gasteiger charge is -2.12. The number of hydrogen-bond acceptors (Lipinski definition) is 12. The first kappa shape index (κ1) is 28.1. The number of azo groups is 2. The fourth-order valence-corrected chi connectivity index (χ4v) is 5.02. The van der Waals surface area contributed by atoms with Gasteiger partial charge in [-0.25, -0.2) is 0 Å². The van der Waals surface area contributed by atoms with E-state index < -0.39 is 30.0 Å². The Kier molecular flexibility index (Phi) is 7.52. The van der Waals surface area contributed by atoms with E-state index in [1.54, 1.807) is 12.1 Å². The van der Waals surface area contributed by atoms with E-state index in [9.17, 15) is 25.9 Å². The van der Waals surface area contributed by atoms with E-state index in [1.165, 1.54) is 48.5 Å². The Balaban J connectivity index is 1.79. The molecule has 0 radical (unpaired) electrons. The van der Waals surface area contributed by atoms with Crippen molar-refractivity contribution in [3.63, 3.8) is 0 Å². The van der Waals surface area contributed by atoms with Crippen LogP contribution in [0.4, 0.5) is 45.5 Å². The van der Waals surface area contributed by atoms with Crippen molar-refractivity contribution in [2.45, 2.75) is 9.79 Å². The van der Waals surface area contributed by atoms with Crippen molar-refractivity contribution in [3.05, 3.63) is 72.8 Å². The summed E-state index contributed by atoms with van der Waals surface area (Å²) in [6.45, 7) is 0. The van der Waals surface area contributed by atoms with E-state index in [4.69, 9.17) is 22.9 Å². The van der Waals surface area contributed by atoms with Crippen molar-refractivity contribution >= 4 is 65.7 Å². The Morgan fingerprint density at radius 3 is 1.20 bits per heavy atom. The summed E-state index contributed by atoms with van der Waals surface area (Å²) in [5.74, 6) is 0. The third-order valence-corrected chi connectivity index (χ3v) is 7.21. The van der Waals surface area contributed by atoms with Gasteiger partial charge in [0.05, 0.1) is 22.7 Å². The van der Waals surface area contributed by atoms with Crippen LogP contribution in [0, 0.1) is 0 Å². The minimum Gasteiger partial charge on any atom is -0.399 e. The molecule has 0 aromatic heterocycles. The Bertz CT molecular complexity index is 1770. The molecular weight excluding hydrogens is 560 g/mol. The maximum atomic E-state index is 12.3. The van der Waals surface area contributed by atoms with Gasteiger partial charge < -0.3 is 22.9 Å². The van der Waals surface area contributed by atoms with Gasteiger partial charge in [-0.1, -0.05) is 12.1 Å². The number of nitrogen functional groups attached to an aromatic ring is 4. The molecular formula is C24H22N8O6S2. The summed E-state index contributed by atoms with van der Waals surface area (Å²) < 4.78 is 68.9. The van der Waals surface area contributed by atoms with Crippen LogP contribution in [0.15, 0.2) is 103 Å². The largest absolute Gasteiger partial charge is 0.399 e. The molecule has 0 aliphatic carbocycles. The van der Waals surface area contributed by atoms with Gasteiger partial charge in [-0.3, -0.25) is 9.11 Å². The van der Waals surface area contributed by atoms with Crippen molar-refractivity contribution in [1.82, 2.24) is 0 Å². The second kappa shape index (κ2) is 10.7. The molecule has 0 bridgehead atoms. The van der Waals surface area contributed by atoms with Crippen LogP contribution in [0.3, 0.4) is 0 Å². The number of rotatable bonds is 7. The zero-order chi connectivity index (χ0) is 29.2. The lowest BCUT2D eigenvalue weighted by molar-refractivity contribution is 0.480. The topological polar surface area (TPSA) is 262 Å². The van der Waals surface area contributed by atoms with Gasteiger partial charge in [0.15, 0.2) is 0 Å². The van der Waals surface area contributed by atoms with Gasteiger partial charge in [0.25, 0.3) is 20.2 Å².